The van der Waals surface area contributed by atoms with E-state index in [1.54, 1.807) is 13.8 Å². The first kappa shape index (κ1) is 19.0. The Morgan fingerprint density at radius 2 is 2.00 bits per heavy atom. The maximum absolute atomic E-state index is 12.2. The van der Waals surface area contributed by atoms with Gasteiger partial charge >= 0.3 is 5.97 Å². The van der Waals surface area contributed by atoms with Crippen molar-refractivity contribution >= 4 is 11.8 Å². The lowest BCUT2D eigenvalue weighted by atomic mass is 10.0. The van der Waals surface area contributed by atoms with Crippen molar-refractivity contribution in [1.82, 2.24) is 4.98 Å². The van der Waals surface area contributed by atoms with Crippen molar-refractivity contribution in [2.24, 2.45) is 0 Å². The van der Waals surface area contributed by atoms with Crippen LogP contribution in [-0.4, -0.2) is 34.2 Å². The van der Waals surface area contributed by atoms with Crippen molar-refractivity contribution in [3.63, 3.8) is 0 Å². The number of hydrogen-bond acceptors (Lipinski definition) is 7. The molecule has 142 valence electrons. The summed E-state index contributed by atoms with van der Waals surface area (Å²) < 4.78 is 16.7. The fourth-order valence-electron chi connectivity index (χ4n) is 2.73. The summed E-state index contributed by atoms with van der Waals surface area (Å²) in [5.74, 6) is -1.67. The van der Waals surface area contributed by atoms with Gasteiger partial charge in [-0.2, -0.15) is 0 Å². The molecule has 0 spiro atoms. The SMILES string of the molecule is CC1(C)OCc2c(CC(=O)OCc3ccccc3)cnc(C(=O)CO)c2O1. The van der Waals surface area contributed by atoms with Gasteiger partial charge in [0.2, 0.25) is 11.6 Å². The smallest absolute Gasteiger partial charge is 0.310 e. The number of carbonyl (C=O) groups excluding carboxylic acids is 2. The molecule has 1 aliphatic rings. The van der Waals surface area contributed by atoms with Crippen LogP contribution in [0, 0.1) is 0 Å². The topological polar surface area (TPSA) is 95.0 Å². The quantitative estimate of drug-likeness (QED) is 0.614. The molecule has 1 aromatic heterocycles. The third-order valence-electron chi connectivity index (χ3n) is 4.12. The highest BCUT2D eigenvalue weighted by atomic mass is 16.7. The van der Waals surface area contributed by atoms with Crippen LogP contribution < -0.4 is 4.74 Å². The molecule has 0 saturated heterocycles. The molecular formula is C20H21NO6. The number of pyridine rings is 1. The van der Waals surface area contributed by atoms with E-state index in [9.17, 15) is 9.59 Å². The summed E-state index contributed by atoms with van der Waals surface area (Å²) in [5.41, 5.74) is 2.06. The van der Waals surface area contributed by atoms with E-state index in [1.807, 2.05) is 30.3 Å². The first-order chi connectivity index (χ1) is 12.9. The number of carbonyl (C=O) groups is 2. The minimum atomic E-state index is -0.939. The third kappa shape index (κ3) is 4.50. The van der Waals surface area contributed by atoms with Gasteiger partial charge in [-0.05, 0) is 11.1 Å². The van der Waals surface area contributed by atoms with Gasteiger partial charge in [-0.15, -0.1) is 0 Å². The van der Waals surface area contributed by atoms with Gasteiger partial charge in [-0.1, -0.05) is 30.3 Å². The molecule has 0 radical (unpaired) electrons. The largest absolute Gasteiger partial charge is 0.461 e. The lowest BCUT2D eigenvalue weighted by Crippen LogP contribution is -2.37. The highest BCUT2D eigenvalue weighted by molar-refractivity contribution is 5.98. The normalized spacial score (nSPS) is 14.8. The molecule has 1 aromatic carbocycles. The van der Waals surface area contributed by atoms with Gasteiger partial charge in [-0.25, -0.2) is 4.98 Å². The molecule has 2 heterocycles. The Labute approximate surface area is 156 Å². The van der Waals surface area contributed by atoms with Crippen LogP contribution in [0.2, 0.25) is 0 Å². The monoisotopic (exact) mass is 371 g/mol. The van der Waals surface area contributed by atoms with Crippen molar-refractivity contribution in [2.45, 2.75) is 39.3 Å². The second-order valence-electron chi connectivity index (χ2n) is 6.63. The fraction of sp³-hybridized carbons (Fsp3) is 0.350. The number of ether oxygens (including phenoxy) is 3. The Balaban J connectivity index is 1.79. The van der Waals surface area contributed by atoms with Crippen LogP contribution in [0.25, 0.3) is 0 Å². The Morgan fingerprint density at radius 3 is 2.70 bits per heavy atom. The summed E-state index contributed by atoms with van der Waals surface area (Å²) >= 11 is 0. The van der Waals surface area contributed by atoms with E-state index in [0.29, 0.717) is 11.1 Å². The number of esters is 1. The van der Waals surface area contributed by atoms with Crippen LogP contribution >= 0.6 is 0 Å². The number of aliphatic hydroxyl groups is 1. The van der Waals surface area contributed by atoms with Crippen LogP contribution in [0.3, 0.4) is 0 Å². The minimum Gasteiger partial charge on any atom is -0.461 e. The Kier molecular flexibility index (Phi) is 5.53. The van der Waals surface area contributed by atoms with Crippen LogP contribution in [0.4, 0.5) is 0 Å². The average molecular weight is 371 g/mol. The number of hydrogen-bond donors (Lipinski definition) is 1. The summed E-state index contributed by atoms with van der Waals surface area (Å²) in [6, 6.07) is 9.37. The lowest BCUT2D eigenvalue weighted by molar-refractivity contribution is -0.180. The number of benzene rings is 1. The summed E-state index contributed by atoms with van der Waals surface area (Å²) in [7, 11) is 0. The van der Waals surface area contributed by atoms with E-state index in [2.05, 4.69) is 4.98 Å². The van der Waals surface area contributed by atoms with Crippen molar-refractivity contribution in [3.05, 3.63) is 58.9 Å². The zero-order valence-electron chi connectivity index (χ0n) is 15.2. The lowest BCUT2D eigenvalue weighted by Gasteiger charge is -2.34. The number of Topliss-reactive ketones (excluding diaryl/α,β-unsaturated/α-hetero) is 1. The maximum atomic E-state index is 12.2. The van der Waals surface area contributed by atoms with E-state index in [4.69, 9.17) is 19.3 Å². The number of aromatic nitrogens is 1. The van der Waals surface area contributed by atoms with E-state index >= 15 is 0 Å². The molecule has 0 saturated carbocycles. The molecular weight excluding hydrogens is 350 g/mol. The van der Waals surface area contributed by atoms with Gasteiger partial charge in [0, 0.05) is 25.6 Å². The highest BCUT2D eigenvalue weighted by Gasteiger charge is 2.33. The van der Waals surface area contributed by atoms with Crippen molar-refractivity contribution in [3.8, 4) is 5.75 Å². The van der Waals surface area contributed by atoms with Crippen LogP contribution in [0.5, 0.6) is 5.75 Å². The molecule has 0 fully saturated rings. The highest BCUT2D eigenvalue weighted by Crippen LogP contribution is 2.36. The number of fused-ring (bicyclic) bond motifs is 1. The Bertz CT molecular complexity index is 847. The van der Waals surface area contributed by atoms with Crippen LogP contribution in [0.1, 0.15) is 41.0 Å². The van der Waals surface area contributed by atoms with Crippen molar-refractivity contribution in [2.75, 3.05) is 6.61 Å². The molecule has 2 aromatic rings. The third-order valence-corrected chi connectivity index (χ3v) is 4.12. The van der Waals surface area contributed by atoms with E-state index in [-0.39, 0.29) is 31.1 Å². The fourth-order valence-corrected chi connectivity index (χ4v) is 2.73. The van der Waals surface area contributed by atoms with Gasteiger partial charge < -0.3 is 19.3 Å². The number of aliphatic hydroxyl groups excluding tert-OH is 1. The minimum absolute atomic E-state index is 0.0249. The van der Waals surface area contributed by atoms with Crippen molar-refractivity contribution < 1.29 is 28.9 Å². The summed E-state index contributed by atoms with van der Waals surface area (Å²) in [5, 5.41) is 9.16. The molecule has 0 atom stereocenters. The number of ketones is 1. The maximum Gasteiger partial charge on any atom is 0.310 e. The Hall–Kier alpha value is -2.77. The molecule has 0 aliphatic carbocycles. The molecule has 0 amide bonds. The zero-order chi connectivity index (χ0) is 19.4. The van der Waals surface area contributed by atoms with E-state index < -0.39 is 24.1 Å². The van der Waals surface area contributed by atoms with Gasteiger partial charge in [-0.3, -0.25) is 9.59 Å². The Morgan fingerprint density at radius 1 is 1.26 bits per heavy atom. The second kappa shape index (κ2) is 7.85. The molecule has 1 aliphatic heterocycles. The zero-order valence-corrected chi connectivity index (χ0v) is 15.2. The standard InChI is InChI=1S/C20H21NO6/c1-20(2)26-12-15-14(9-21-18(16(23)10-22)19(15)27-20)8-17(24)25-11-13-6-4-3-5-7-13/h3-7,9,22H,8,10-12H2,1-2H3. The van der Waals surface area contributed by atoms with Crippen molar-refractivity contribution in [1.29, 1.82) is 0 Å². The first-order valence-electron chi connectivity index (χ1n) is 8.57. The van der Waals surface area contributed by atoms with Crippen LogP contribution in [-0.2, 0) is 33.9 Å². The van der Waals surface area contributed by atoms with Crippen LogP contribution in [0.15, 0.2) is 36.5 Å². The molecule has 3 rings (SSSR count). The average Bonchev–Trinajstić information content (AvgIpc) is 2.66. The molecule has 27 heavy (non-hydrogen) atoms. The van der Waals surface area contributed by atoms with Gasteiger partial charge in [0.1, 0.15) is 13.2 Å². The second-order valence-corrected chi connectivity index (χ2v) is 6.63. The summed E-state index contributed by atoms with van der Waals surface area (Å²) in [6.45, 7) is 3.09. The molecule has 0 unspecified atom stereocenters. The predicted molar refractivity (Wildman–Crippen MR) is 95.1 cm³/mol. The summed E-state index contributed by atoms with van der Waals surface area (Å²) in [6.07, 6.45) is 1.40. The molecule has 7 nitrogen and oxygen atoms in total. The number of rotatable bonds is 6. The number of nitrogens with zero attached hydrogens (tertiary/aromatic N) is 1. The van der Waals surface area contributed by atoms with E-state index in [1.165, 1.54) is 6.20 Å². The summed E-state index contributed by atoms with van der Waals surface area (Å²) in [4.78, 5) is 28.3. The van der Waals surface area contributed by atoms with Gasteiger partial charge in [0.05, 0.1) is 13.0 Å². The van der Waals surface area contributed by atoms with Gasteiger partial charge in [0.25, 0.3) is 0 Å². The molecule has 0 bridgehead atoms. The van der Waals surface area contributed by atoms with E-state index in [0.717, 1.165) is 5.56 Å². The first-order valence-corrected chi connectivity index (χ1v) is 8.57. The predicted octanol–water partition coefficient (Wildman–Crippen LogP) is 2.19. The molecule has 1 N–H and O–H groups in total. The molecule has 7 heteroatoms. The van der Waals surface area contributed by atoms with Gasteiger partial charge in [0.15, 0.2) is 11.4 Å².